The van der Waals surface area contributed by atoms with E-state index in [1.54, 1.807) is 67.8 Å². The van der Waals surface area contributed by atoms with Crippen molar-refractivity contribution in [2.45, 2.75) is 84.7 Å². The van der Waals surface area contributed by atoms with Gasteiger partial charge in [-0.3, -0.25) is 63.2 Å². The van der Waals surface area contributed by atoms with Gasteiger partial charge in [0.2, 0.25) is 5.88 Å². The lowest BCUT2D eigenvalue weighted by Crippen LogP contribution is -2.30. The van der Waals surface area contributed by atoms with Crippen LogP contribution in [0.4, 0.5) is 0 Å². The molecule has 13 N–H and O–H groups in total. The number of ketones is 3. The van der Waals surface area contributed by atoms with Gasteiger partial charge < -0.3 is 75.7 Å². The highest BCUT2D eigenvalue weighted by atomic mass is 35.5. The number of pyridine rings is 6. The largest absolute Gasteiger partial charge is 0.490 e. The quantitative estimate of drug-likeness (QED) is 0.00941. The number of carboxylic acids is 1. The van der Waals surface area contributed by atoms with E-state index in [9.17, 15) is 43.2 Å². The minimum Gasteiger partial charge on any atom is -0.481 e. The molecular formula is C93H83BCl7N27O21. The number of rotatable bonds is 29. The maximum Gasteiger partial charge on any atom is 0.490 e. The standard InChI is InChI=1S/2C18H16ClN5O3.C17H14ClN5O3.C12H10ClN3O3.C11H8ClN3O3.C6H7BClNO3.C6H5ClN2O2.C5H7N3O/c1-27-18-4-5-20-17(24-18)3-2-16(26)14-7-13(22-10-23-14)11-6-12(19)15(9-25)21-8-11;1-24-17(20-5-4-18(24)27)3-2-16(26)14-7-13(22-10-23-14)11-6-12(19)15(9-25)21-8-11;18-11-5-10(7-20-14(11)8-24)12-6-13(22-9-21-12)15(25)1-2-16-19-4-3-17(26)23-16;1-19-12(18)10-3-9(15-6-16-10)7-2-8(13)11(5-17)14-4-7;12-7-1-6(3-13-10(7)4-16)8-2-9(11(17)18)15-5-14-8;8-5-1-4(7(11)12)2-9-6(5)3-10;1-11-6(10)4-2-5(7)9-3-8-4;6-3-4-7-2-1-5(9)8-4/h2*4-8,10,25H,2-3,9H2,1H3;3-7,9,24H,1-2,8H2,(H,19,23,26);2-4,6,17H,5H2,1H3;1-3,5,16H,4H2,(H,17,18);1-2,10-12H,3H2;2-3H,1H3;1-2H,3,6H2,(H,7,8,9). The van der Waals surface area contributed by atoms with Crippen molar-refractivity contribution in [3.8, 4) is 62.2 Å². The minimum absolute atomic E-state index is 0.109. The molecule has 0 aliphatic heterocycles. The average molecular weight is 2170 g/mol. The van der Waals surface area contributed by atoms with Crippen LogP contribution < -0.4 is 32.6 Å². The first-order valence-corrected chi connectivity index (χ1v) is 45.4. The van der Waals surface area contributed by atoms with Crippen molar-refractivity contribution in [1.29, 1.82) is 0 Å². The summed E-state index contributed by atoms with van der Waals surface area (Å²) in [6.07, 6.45) is 23.7. The van der Waals surface area contributed by atoms with Gasteiger partial charge in [-0.05, 0) is 66.7 Å². The van der Waals surface area contributed by atoms with Gasteiger partial charge in [0, 0.05) is 171 Å². The van der Waals surface area contributed by atoms with Crippen LogP contribution in [-0.2, 0) is 82.0 Å². The molecule has 0 amide bonds. The highest BCUT2D eigenvalue weighted by Crippen LogP contribution is 2.30. The molecule has 16 aromatic rings. The number of aromatic nitrogens is 26. The molecule has 149 heavy (non-hydrogen) atoms. The van der Waals surface area contributed by atoms with E-state index in [1.165, 1.54) is 156 Å². The third kappa shape index (κ3) is 36.0. The number of nitrogens with zero attached hydrogens (tertiary/aromatic N) is 24. The van der Waals surface area contributed by atoms with Gasteiger partial charge in [-0.25, -0.2) is 94.1 Å². The number of carbonyl (C=O) groups excluding carboxylic acids is 5. The number of esters is 2. The van der Waals surface area contributed by atoms with E-state index in [-0.39, 0.29) is 149 Å². The number of nitrogens with two attached hydrogens (primary N) is 1. The Labute approximate surface area is 877 Å². The summed E-state index contributed by atoms with van der Waals surface area (Å²) in [6.45, 7) is -1.26. The summed E-state index contributed by atoms with van der Waals surface area (Å²) in [5.74, 6) is -0.294. The van der Waals surface area contributed by atoms with Crippen LogP contribution in [0.15, 0.2) is 211 Å². The molecule has 0 spiro atoms. The number of aliphatic hydroxyl groups excluding tert-OH is 6. The van der Waals surface area contributed by atoms with E-state index in [4.69, 9.17) is 137 Å². The first kappa shape index (κ1) is 117. The van der Waals surface area contributed by atoms with Gasteiger partial charge in [-0.2, -0.15) is 4.98 Å². The minimum atomic E-state index is -1.58. The molecular weight excluding hydrogens is 2090 g/mol. The Morgan fingerprint density at radius 3 is 1.05 bits per heavy atom. The third-order valence-corrected chi connectivity index (χ3v) is 21.6. The fraction of sp³-hybridized carbons (Fsp3) is 0.183. The number of methoxy groups -OCH3 is 3. The molecule has 16 aromatic heterocycles. The van der Waals surface area contributed by atoms with Crippen LogP contribution in [0.2, 0.25) is 35.3 Å². The van der Waals surface area contributed by atoms with Crippen molar-refractivity contribution in [1.82, 2.24) is 129 Å². The zero-order chi connectivity index (χ0) is 108. The Morgan fingerprint density at radius 1 is 0.369 bits per heavy atom. The number of carbonyl (C=O) groups is 6. The zero-order valence-electron chi connectivity index (χ0n) is 78.1. The first-order chi connectivity index (χ1) is 71.6. The van der Waals surface area contributed by atoms with E-state index in [2.05, 4.69) is 134 Å². The predicted octanol–water partition coefficient (Wildman–Crippen LogP) is 7.38. The van der Waals surface area contributed by atoms with E-state index in [1.807, 2.05) is 0 Å². The summed E-state index contributed by atoms with van der Waals surface area (Å²) < 4.78 is 15.4. The van der Waals surface area contributed by atoms with Crippen LogP contribution in [0.25, 0.3) is 56.3 Å². The Kier molecular flexibility index (Phi) is 46.7. The highest BCUT2D eigenvalue weighted by molar-refractivity contribution is 6.59. The fourth-order valence-corrected chi connectivity index (χ4v) is 13.3. The van der Waals surface area contributed by atoms with Gasteiger partial charge in [-0.15, -0.1) is 0 Å². The number of aromatic carboxylic acids is 1. The maximum absolute atomic E-state index is 12.5. The molecule has 768 valence electrons. The summed E-state index contributed by atoms with van der Waals surface area (Å²) in [4.78, 5) is 200. The predicted molar refractivity (Wildman–Crippen MR) is 536 cm³/mol. The molecule has 0 fully saturated rings. The highest BCUT2D eigenvalue weighted by Gasteiger charge is 2.21. The number of H-pyrrole nitrogens is 2. The molecule has 0 atom stereocenters. The van der Waals surface area contributed by atoms with Crippen LogP contribution in [-0.4, -0.2) is 239 Å². The number of aromatic amines is 2. The van der Waals surface area contributed by atoms with Crippen LogP contribution in [0.3, 0.4) is 0 Å². The van der Waals surface area contributed by atoms with E-state index < -0.39 is 25.0 Å². The molecule has 0 aromatic carbocycles. The number of nitrogens with one attached hydrogen (secondary N) is 2. The summed E-state index contributed by atoms with van der Waals surface area (Å²) in [7, 11) is 4.11. The molecule has 0 saturated carbocycles. The van der Waals surface area contributed by atoms with Crippen LogP contribution in [0.1, 0.15) is 140 Å². The molecule has 16 rings (SSSR count). The number of hydrogen-bond acceptors (Lipinski definition) is 44. The molecule has 0 aliphatic carbocycles. The van der Waals surface area contributed by atoms with Crippen molar-refractivity contribution in [3.63, 3.8) is 0 Å². The summed E-state index contributed by atoms with van der Waals surface area (Å²) in [5.41, 5.74) is 13.4. The Hall–Kier alpha value is -15.9. The average Bonchev–Trinajstić information content (AvgIpc) is 0.836. The molecule has 0 aliphatic rings. The monoisotopic (exact) mass is 2170 g/mol. The normalized spacial score (nSPS) is 10.4. The zero-order valence-corrected chi connectivity index (χ0v) is 83.4. The van der Waals surface area contributed by atoms with Gasteiger partial charge in [-0.1, -0.05) is 81.2 Å². The van der Waals surface area contributed by atoms with Crippen molar-refractivity contribution in [3.05, 3.63) is 355 Å². The Balaban J connectivity index is 0.000000194. The van der Waals surface area contributed by atoms with Gasteiger partial charge in [0.15, 0.2) is 34.4 Å². The molecule has 0 bridgehead atoms. The molecule has 56 heteroatoms. The molecule has 0 radical (unpaired) electrons. The van der Waals surface area contributed by atoms with Crippen molar-refractivity contribution in [2.75, 3.05) is 21.3 Å². The number of aliphatic hydroxyl groups is 6. The third-order valence-electron chi connectivity index (χ3n) is 19.5. The molecule has 48 nitrogen and oxygen atoms in total. The second kappa shape index (κ2) is 59.6. The summed E-state index contributed by atoms with van der Waals surface area (Å²) >= 11 is 41.1. The lowest BCUT2D eigenvalue weighted by Gasteiger charge is -2.07. The second-order valence-electron chi connectivity index (χ2n) is 29.2. The van der Waals surface area contributed by atoms with Gasteiger partial charge >= 0.3 is 25.0 Å². The SMILES string of the molecule is COC(=O)c1cc(-c2cnc(CO)c(Cl)c2)ncn1.COC(=O)c1cc(Cl)ncn1.COc1ccnc(CCC(=O)c2cc(-c3cnc(CO)c(Cl)c3)ncn2)n1.Cn1c(CCC(=O)c2cc(-c3cnc(CO)c(Cl)c3)ncn2)nccc1=O.NCc1nccc(=O)[nH]1.O=C(CCc1nccc(=O)[nH]1)c1cc(-c2cnc(CO)c(Cl)c2)ncn1.O=C(O)c1cc(-c2cnc(CO)c(Cl)c2)ncn1.OCc1ncc(B(O)O)cc1Cl. The number of hydrogen-bond donors (Lipinski definition) is 12. The van der Waals surface area contributed by atoms with Crippen LogP contribution in [0, 0.1) is 0 Å². The lowest BCUT2D eigenvalue weighted by molar-refractivity contribution is 0.0585. The Bertz CT molecular complexity index is 7550. The topological polar surface area (TPSA) is 722 Å². The van der Waals surface area contributed by atoms with Gasteiger partial charge in [0.1, 0.15) is 83.5 Å². The fourth-order valence-electron chi connectivity index (χ4n) is 11.7. The second-order valence-corrected chi connectivity index (χ2v) is 32.1. The number of Topliss-reactive ketones (excluding diaryl/α,β-unsaturated/α-hetero) is 3. The van der Waals surface area contributed by atoms with Crippen molar-refractivity contribution >= 4 is 129 Å². The lowest BCUT2D eigenvalue weighted by atomic mass is 9.82. The number of halogens is 7. The van der Waals surface area contributed by atoms with Crippen molar-refractivity contribution in [2.24, 2.45) is 12.8 Å². The van der Waals surface area contributed by atoms with Gasteiger partial charge in [0.25, 0.3) is 16.7 Å². The first-order valence-electron chi connectivity index (χ1n) is 42.8. The van der Waals surface area contributed by atoms with Crippen molar-refractivity contribution < 1.29 is 88.8 Å². The molecule has 0 unspecified atom stereocenters. The molecule has 16 heterocycles. The maximum atomic E-state index is 12.5. The number of carboxylic acid groups (broad SMARTS) is 1. The van der Waals surface area contributed by atoms with E-state index >= 15 is 0 Å². The Morgan fingerprint density at radius 2 is 0.698 bits per heavy atom. The molecule has 0 saturated heterocycles. The van der Waals surface area contributed by atoms with Gasteiger partial charge in [0.05, 0.1) is 160 Å². The smallest absolute Gasteiger partial charge is 0.481 e. The number of aryl methyl sites for hydroxylation is 3. The van der Waals surface area contributed by atoms with Crippen LogP contribution >= 0.6 is 81.2 Å². The number of ether oxygens (including phenoxy) is 3. The van der Waals surface area contributed by atoms with E-state index in [0.717, 1.165) is 6.33 Å². The summed E-state index contributed by atoms with van der Waals surface area (Å²) in [5, 5.41) is 82.3. The summed E-state index contributed by atoms with van der Waals surface area (Å²) in [6, 6.07) is 23.9. The van der Waals surface area contributed by atoms with E-state index in [0.29, 0.717) is 164 Å². The van der Waals surface area contributed by atoms with Crippen LogP contribution in [0.5, 0.6) is 5.88 Å².